The molecule has 0 aromatic heterocycles. The van der Waals surface area contributed by atoms with E-state index in [1.807, 2.05) is 76.2 Å². The highest BCUT2D eigenvalue weighted by Gasteiger charge is 2.57. The van der Waals surface area contributed by atoms with Gasteiger partial charge in [0.1, 0.15) is 24.2 Å². The maximum atomic E-state index is 14.5. The highest BCUT2D eigenvalue weighted by atomic mass is 32.2. The molecule has 0 spiro atoms. The van der Waals surface area contributed by atoms with Gasteiger partial charge in [-0.25, -0.2) is 0 Å². The number of carbonyl (C=O) groups excluding carboxylic acids is 8. The lowest BCUT2D eigenvalue weighted by Gasteiger charge is -2.35. The highest BCUT2D eigenvalue weighted by molar-refractivity contribution is 8.00. The van der Waals surface area contributed by atoms with E-state index < -0.39 is 71.1 Å². The van der Waals surface area contributed by atoms with Crippen molar-refractivity contribution in [2.24, 2.45) is 16.7 Å². The summed E-state index contributed by atoms with van der Waals surface area (Å²) in [7, 11) is 3.36. The summed E-state index contributed by atoms with van der Waals surface area (Å²) in [5, 5.41) is 23.5. The normalized spacial score (nSPS) is 28.4. The predicted octanol–water partition coefficient (Wildman–Crippen LogP) is 1.79. The van der Waals surface area contributed by atoms with E-state index in [1.165, 1.54) is 0 Å². The Bertz CT molecular complexity index is 2750. The number of thioether (sulfide) groups is 2. The van der Waals surface area contributed by atoms with Crippen LogP contribution >= 0.6 is 23.5 Å². The predicted molar refractivity (Wildman–Crippen MR) is 291 cm³/mol. The van der Waals surface area contributed by atoms with E-state index in [9.17, 15) is 38.4 Å². The molecule has 406 valence electrons. The Hall–Kier alpha value is -6.06. The van der Waals surface area contributed by atoms with Gasteiger partial charge in [-0.15, -0.1) is 23.5 Å². The van der Waals surface area contributed by atoms with E-state index in [2.05, 4.69) is 66.2 Å². The molecule has 2 aliphatic carbocycles. The van der Waals surface area contributed by atoms with Gasteiger partial charge in [-0.05, 0) is 123 Å². The van der Waals surface area contributed by atoms with Crippen LogP contribution < -0.4 is 42.5 Å². The van der Waals surface area contributed by atoms with Gasteiger partial charge in [-0.1, -0.05) is 88.1 Å². The van der Waals surface area contributed by atoms with Crippen LogP contribution in [0.3, 0.4) is 0 Å². The molecule has 2 aromatic carbocycles. The molecule has 4 heterocycles. The van der Waals surface area contributed by atoms with Crippen molar-refractivity contribution < 1.29 is 38.4 Å². The van der Waals surface area contributed by atoms with Gasteiger partial charge in [0.15, 0.2) is 0 Å². The van der Waals surface area contributed by atoms with E-state index in [0.717, 1.165) is 22.3 Å². The zero-order valence-corrected chi connectivity index (χ0v) is 46.2. The van der Waals surface area contributed by atoms with Crippen molar-refractivity contribution in [3.8, 4) is 23.7 Å². The lowest BCUT2D eigenvalue weighted by atomic mass is 9.83. The molecule has 0 saturated carbocycles. The number of carbonyl (C=O) groups is 8. The number of rotatable bonds is 14. The first-order valence-corrected chi connectivity index (χ1v) is 28.5. The van der Waals surface area contributed by atoms with Crippen LogP contribution in [0.5, 0.6) is 0 Å². The van der Waals surface area contributed by atoms with Gasteiger partial charge in [-0.3, -0.25) is 38.4 Å². The summed E-state index contributed by atoms with van der Waals surface area (Å²) in [6, 6.07) is 9.40. The third-order valence-electron chi connectivity index (χ3n) is 16.0. The van der Waals surface area contributed by atoms with Gasteiger partial charge in [0, 0.05) is 0 Å². The molecule has 76 heavy (non-hydrogen) atoms. The van der Waals surface area contributed by atoms with E-state index in [4.69, 9.17) is 0 Å². The molecule has 4 aliphatic heterocycles. The van der Waals surface area contributed by atoms with E-state index >= 15 is 0 Å². The number of nitrogens with zero attached hydrogens (tertiary/aromatic N) is 2. The van der Waals surface area contributed by atoms with Gasteiger partial charge in [0.25, 0.3) is 0 Å². The van der Waals surface area contributed by atoms with Crippen LogP contribution in [0.15, 0.2) is 48.5 Å². The van der Waals surface area contributed by atoms with Gasteiger partial charge < -0.3 is 52.3 Å². The van der Waals surface area contributed by atoms with E-state index in [1.54, 1.807) is 61.3 Å². The fourth-order valence-electron chi connectivity index (χ4n) is 11.7. The second kappa shape index (κ2) is 23.7. The molecule has 0 radical (unpaired) electrons. The number of hydrogen-bond donors (Lipinski definition) is 8. The van der Waals surface area contributed by atoms with E-state index in [-0.39, 0.29) is 71.0 Å². The Morgan fingerprint density at radius 3 is 1.63 bits per heavy atom. The van der Waals surface area contributed by atoms with Crippen molar-refractivity contribution in [1.29, 1.82) is 0 Å². The van der Waals surface area contributed by atoms with Crippen molar-refractivity contribution in [2.45, 2.75) is 152 Å². The Labute approximate surface area is 454 Å². The van der Waals surface area contributed by atoms with Crippen molar-refractivity contribution >= 4 is 70.8 Å². The summed E-state index contributed by atoms with van der Waals surface area (Å²) in [4.78, 5) is 114. The summed E-state index contributed by atoms with van der Waals surface area (Å²) < 4.78 is 0. The topological polar surface area (TPSA) is 239 Å². The molecule has 0 unspecified atom stereocenters. The van der Waals surface area contributed by atoms with Crippen molar-refractivity contribution in [1.82, 2.24) is 52.3 Å². The van der Waals surface area contributed by atoms with Crippen molar-refractivity contribution in [3.05, 3.63) is 70.8 Å². The Morgan fingerprint density at radius 2 is 1.11 bits per heavy atom. The second-order valence-electron chi connectivity index (χ2n) is 22.1. The SMILES string of the molecule is CN[C@@H](C)C(=O)N[C@H]1CCS[C@H]2CC(C)(C)[C@@H](C(=O)N[C@@H]3c4ccccc4C[C@H]3NC(=O)CC#CC#CCNC(=O)[C@@H]3Cc4ccccc4[C@@H]3NC(=O)[C@H]3N4C(=O)[C@@H](NC(=O)[C@H](C)NC)CCS[C@H]4CC3(C)C)N2C1=O. The van der Waals surface area contributed by atoms with Gasteiger partial charge >= 0.3 is 0 Å². The average molecular weight is 1080 g/mol. The molecule has 20 heteroatoms. The molecule has 2 aromatic rings. The van der Waals surface area contributed by atoms with Crippen molar-refractivity contribution in [3.63, 3.8) is 0 Å². The Morgan fingerprint density at radius 1 is 0.632 bits per heavy atom. The largest absolute Gasteiger partial charge is 0.350 e. The standard InChI is InChI=1S/C56H72N10O8S2/c1-31(57-7)48(68)61-38-22-25-75-42-29-55(3,4)46(65(42)53(38)73)51(71)63-44-35-19-14-12-17-33(35)27-37(44)50(70)59-24-16-10-9-11-21-41(67)60-40-28-34-18-13-15-20-36(34)45(40)64-52(72)47-56(5,6)30-43-66(47)54(74)39(23-26-76-43)62-49(69)32(2)58-8/h12-15,17-20,31-32,37-40,42-47,57-58H,21-30H2,1-8H3,(H,59,70)(H,60,67)(H,61,68)(H,62,69)(H,63,71)(H,64,72)/t31-,32-,37+,38-,39-,40+,42-,43-,44-,45+,46+,47+/m0/s1. The monoisotopic (exact) mass is 1080 g/mol. The Kier molecular flexibility index (Phi) is 17.5. The zero-order valence-electron chi connectivity index (χ0n) is 44.6. The number of hydrogen-bond acceptors (Lipinski definition) is 12. The molecule has 0 bridgehead atoms. The summed E-state index contributed by atoms with van der Waals surface area (Å²) in [5.41, 5.74) is 2.45. The molecular formula is C56H72N10O8S2. The number of likely N-dealkylation sites (N-methyl/N-ethyl adjacent to an activating group) is 2. The van der Waals surface area contributed by atoms with Crippen LogP contribution in [0, 0.1) is 40.4 Å². The first-order valence-electron chi connectivity index (χ1n) is 26.4. The molecule has 8 N–H and O–H groups in total. The average Bonchev–Trinajstić information content (AvgIpc) is 4.07. The fraction of sp³-hybridized carbons (Fsp3) is 0.571. The number of amides is 8. The third-order valence-corrected chi connectivity index (χ3v) is 18.5. The first-order chi connectivity index (χ1) is 36.2. The number of fused-ring (bicyclic) bond motifs is 4. The zero-order chi connectivity index (χ0) is 54.6. The number of nitrogens with one attached hydrogen (secondary N) is 8. The molecule has 6 aliphatic rings. The van der Waals surface area contributed by atoms with Crippen LogP contribution in [0.2, 0.25) is 0 Å². The van der Waals surface area contributed by atoms with E-state index in [0.29, 0.717) is 50.0 Å². The third kappa shape index (κ3) is 11.9. The quantitative estimate of drug-likeness (QED) is 0.127. The molecule has 8 amide bonds. The molecular weight excluding hydrogens is 1000 g/mol. The van der Waals surface area contributed by atoms with Crippen LogP contribution in [0.4, 0.5) is 0 Å². The van der Waals surface area contributed by atoms with Crippen LogP contribution in [-0.4, -0.2) is 142 Å². The van der Waals surface area contributed by atoms with Crippen LogP contribution in [-0.2, 0) is 51.2 Å². The lowest BCUT2D eigenvalue weighted by Crippen LogP contribution is -2.58. The minimum absolute atomic E-state index is 0.0316. The molecule has 4 saturated heterocycles. The minimum atomic E-state index is -0.838. The smallest absolute Gasteiger partial charge is 0.246 e. The second-order valence-corrected chi connectivity index (χ2v) is 24.7. The maximum absolute atomic E-state index is 14.5. The van der Waals surface area contributed by atoms with Crippen LogP contribution in [0.25, 0.3) is 0 Å². The highest BCUT2D eigenvalue weighted by Crippen LogP contribution is 2.48. The van der Waals surface area contributed by atoms with Gasteiger partial charge in [0.05, 0.1) is 59.8 Å². The van der Waals surface area contributed by atoms with Gasteiger partial charge in [0.2, 0.25) is 47.3 Å². The van der Waals surface area contributed by atoms with Crippen molar-refractivity contribution in [2.75, 3.05) is 32.1 Å². The first kappa shape index (κ1) is 56.2. The molecule has 4 fully saturated rings. The lowest BCUT2D eigenvalue weighted by molar-refractivity contribution is -0.144. The molecule has 18 nitrogen and oxygen atoms in total. The van der Waals surface area contributed by atoms with Gasteiger partial charge in [-0.2, -0.15) is 0 Å². The maximum Gasteiger partial charge on any atom is 0.246 e. The summed E-state index contributed by atoms with van der Waals surface area (Å²) in [5.74, 6) is 9.24. The summed E-state index contributed by atoms with van der Waals surface area (Å²) in [6.07, 6.45) is 2.78. The summed E-state index contributed by atoms with van der Waals surface area (Å²) >= 11 is 3.24. The minimum Gasteiger partial charge on any atom is -0.350 e. The fourth-order valence-corrected chi connectivity index (χ4v) is 14.9. The Balaban J connectivity index is 0.872. The van der Waals surface area contributed by atoms with Crippen LogP contribution in [0.1, 0.15) is 108 Å². The molecule has 12 atom stereocenters. The number of benzene rings is 2. The summed E-state index contributed by atoms with van der Waals surface area (Å²) in [6.45, 7) is 11.3. The molecule has 8 rings (SSSR count).